The molecule has 1 aliphatic heterocycles. The summed E-state index contributed by atoms with van der Waals surface area (Å²) in [5, 5.41) is 0. The Kier molecular flexibility index (Phi) is 3.99. The lowest BCUT2D eigenvalue weighted by Crippen LogP contribution is -2.37. The lowest BCUT2D eigenvalue weighted by molar-refractivity contribution is -0.144. The van der Waals surface area contributed by atoms with Gasteiger partial charge in [-0.1, -0.05) is 0 Å². The highest BCUT2D eigenvalue weighted by Gasteiger charge is 2.32. The van der Waals surface area contributed by atoms with Crippen LogP contribution in [0.25, 0.3) is 0 Å². The lowest BCUT2D eigenvalue weighted by Gasteiger charge is -2.23. The molecule has 0 radical (unpaired) electrons. The van der Waals surface area contributed by atoms with Gasteiger partial charge in [0.15, 0.2) is 0 Å². The summed E-state index contributed by atoms with van der Waals surface area (Å²) in [6, 6.07) is 3.67. The standard InChI is InChI=1S/C12H15BrN2O2/c1-2-17-12(16)10-4-3-7-15(10)11-6-5-9(13)8-14-11/h5-6,8,10H,2-4,7H2,1H3. The smallest absolute Gasteiger partial charge is 0.328 e. The van der Waals surface area contributed by atoms with Gasteiger partial charge in [-0.2, -0.15) is 0 Å². The van der Waals surface area contributed by atoms with Crippen LogP contribution in [0.5, 0.6) is 0 Å². The van der Waals surface area contributed by atoms with E-state index >= 15 is 0 Å². The van der Waals surface area contributed by atoms with Crippen LogP contribution in [0.4, 0.5) is 5.82 Å². The van der Waals surface area contributed by atoms with Gasteiger partial charge >= 0.3 is 5.97 Å². The number of hydrogen-bond acceptors (Lipinski definition) is 4. The highest BCUT2D eigenvalue weighted by molar-refractivity contribution is 9.10. The zero-order valence-corrected chi connectivity index (χ0v) is 11.3. The van der Waals surface area contributed by atoms with Crippen molar-refractivity contribution in [2.75, 3.05) is 18.1 Å². The Morgan fingerprint density at radius 2 is 2.47 bits per heavy atom. The maximum Gasteiger partial charge on any atom is 0.328 e. The minimum absolute atomic E-state index is 0.144. The van der Waals surface area contributed by atoms with Gasteiger partial charge in [0.25, 0.3) is 0 Å². The number of pyridine rings is 1. The van der Waals surface area contributed by atoms with E-state index in [4.69, 9.17) is 4.74 Å². The van der Waals surface area contributed by atoms with Crippen LogP contribution in [0.2, 0.25) is 0 Å². The lowest BCUT2D eigenvalue weighted by atomic mass is 10.2. The highest BCUT2D eigenvalue weighted by atomic mass is 79.9. The van der Waals surface area contributed by atoms with E-state index in [1.165, 1.54) is 0 Å². The van der Waals surface area contributed by atoms with Crippen molar-refractivity contribution in [1.82, 2.24) is 4.98 Å². The van der Waals surface area contributed by atoms with E-state index < -0.39 is 0 Å². The number of rotatable bonds is 3. The van der Waals surface area contributed by atoms with Gasteiger partial charge in [-0.3, -0.25) is 0 Å². The van der Waals surface area contributed by atoms with Gasteiger partial charge < -0.3 is 9.64 Å². The summed E-state index contributed by atoms with van der Waals surface area (Å²) < 4.78 is 6.02. The molecule has 0 bridgehead atoms. The van der Waals surface area contributed by atoms with Gasteiger partial charge in [0, 0.05) is 17.2 Å². The highest BCUT2D eigenvalue weighted by Crippen LogP contribution is 2.25. The Balaban J connectivity index is 2.14. The first kappa shape index (κ1) is 12.4. The summed E-state index contributed by atoms with van der Waals surface area (Å²) in [6.07, 6.45) is 3.59. The number of ether oxygens (including phenoxy) is 1. The van der Waals surface area contributed by atoms with Crippen LogP contribution in [-0.2, 0) is 9.53 Å². The van der Waals surface area contributed by atoms with Gasteiger partial charge in [-0.15, -0.1) is 0 Å². The Hall–Kier alpha value is -1.10. The van der Waals surface area contributed by atoms with E-state index in [-0.39, 0.29) is 12.0 Å². The molecule has 1 atom stereocenters. The molecule has 4 nitrogen and oxygen atoms in total. The molecule has 1 unspecified atom stereocenters. The third kappa shape index (κ3) is 2.77. The fourth-order valence-electron chi connectivity index (χ4n) is 2.06. The van der Waals surface area contributed by atoms with E-state index in [1.807, 2.05) is 24.0 Å². The predicted molar refractivity (Wildman–Crippen MR) is 68.9 cm³/mol. The van der Waals surface area contributed by atoms with Gasteiger partial charge in [-0.05, 0) is 47.8 Å². The molecule has 1 aromatic rings. The van der Waals surface area contributed by atoms with E-state index in [9.17, 15) is 4.79 Å². The summed E-state index contributed by atoms with van der Waals surface area (Å²) in [5.41, 5.74) is 0. The summed E-state index contributed by atoms with van der Waals surface area (Å²) in [4.78, 5) is 18.1. The minimum Gasteiger partial charge on any atom is -0.464 e. The molecule has 1 aliphatic rings. The number of anilines is 1. The zero-order valence-electron chi connectivity index (χ0n) is 9.73. The normalized spacial score (nSPS) is 19.4. The molecule has 1 aromatic heterocycles. The summed E-state index contributed by atoms with van der Waals surface area (Å²) in [6.45, 7) is 3.12. The number of halogens is 1. The van der Waals surface area contributed by atoms with E-state index in [0.717, 1.165) is 29.7 Å². The average Bonchev–Trinajstić information content (AvgIpc) is 2.79. The van der Waals surface area contributed by atoms with E-state index in [0.29, 0.717) is 6.61 Å². The second-order valence-corrected chi connectivity index (χ2v) is 4.85. The molecule has 2 heterocycles. The quantitative estimate of drug-likeness (QED) is 0.804. The molecule has 5 heteroatoms. The van der Waals surface area contributed by atoms with Crippen LogP contribution in [-0.4, -0.2) is 30.1 Å². The van der Waals surface area contributed by atoms with Crippen LogP contribution in [0.15, 0.2) is 22.8 Å². The van der Waals surface area contributed by atoms with Gasteiger partial charge in [0.1, 0.15) is 11.9 Å². The summed E-state index contributed by atoms with van der Waals surface area (Å²) in [5.74, 6) is 0.693. The van der Waals surface area contributed by atoms with Gasteiger partial charge in [0.05, 0.1) is 6.61 Å². The maximum absolute atomic E-state index is 11.8. The number of hydrogen-bond donors (Lipinski definition) is 0. The van der Waals surface area contributed by atoms with Crippen LogP contribution in [0.3, 0.4) is 0 Å². The molecule has 1 saturated heterocycles. The molecule has 0 aromatic carbocycles. The van der Waals surface area contributed by atoms with Crippen molar-refractivity contribution >= 4 is 27.7 Å². The summed E-state index contributed by atoms with van der Waals surface area (Å²) in [7, 11) is 0. The topological polar surface area (TPSA) is 42.4 Å². The van der Waals surface area contributed by atoms with Crippen molar-refractivity contribution in [1.29, 1.82) is 0 Å². The molecular formula is C12H15BrN2O2. The van der Waals surface area contributed by atoms with Crippen LogP contribution in [0.1, 0.15) is 19.8 Å². The number of esters is 1. The molecule has 2 rings (SSSR count). The second-order valence-electron chi connectivity index (χ2n) is 3.94. The average molecular weight is 299 g/mol. The third-order valence-corrected chi connectivity index (χ3v) is 3.29. The SMILES string of the molecule is CCOC(=O)C1CCCN1c1ccc(Br)cn1. The largest absolute Gasteiger partial charge is 0.464 e. The van der Waals surface area contributed by atoms with Crippen molar-refractivity contribution in [3.63, 3.8) is 0 Å². The van der Waals surface area contributed by atoms with E-state index in [1.54, 1.807) is 6.20 Å². The molecule has 0 amide bonds. The number of nitrogens with zero attached hydrogens (tertiary/aromatic N) is 2. The first-order valence-corrected chi connectivity index (χ1v) is 6.56. The second kappa shape index (κ2) is 5.49. The van der Waals surface area contributed by atoms with Crippen molar-refractivity contribution < 1.29 is 9.53 Å². The zero-order chi connectivity index (χ0) is 12.3. The van der Waals surface area contributed by atoms with Crippen LogP contribution >= 0.6 is 15.9 Å². The van der Waals surface area contributed by atoms with Gasteiger partial charge in [-0.25, -0.2) is 9.78 Å². The molecule has 1 fully saturated rings. The fourth-order valence-corrected chi connectivity index (χ4v) is 2.30. The first-order valence-electron chi connectivity index (χ1n) is 5.77. The van der Waals surface area contributed by atoms with E-state index in [2.05, 4.69) is 20.9 Å². The third-order valence-electron chi connectivity index (χ3n) is 2.82. The Bertz CT molecular complexity index is 394. The van der Waals surface area contributed by atoms with Crippen molar-refractivity contribution in [3.05, 3.63) is 22.8 Å². The number of carbonyl (C=O) groups is 1. The van der Waals surface area contributed by atoms with Crippen LogP contribution < -0.4 is 4.90 Å². The van der Waals surface area contributed by atoms with Crippen LogP contribution in [0, 0.1) is 0 Å². The number of carbonyl (C=O) groups excluding carboxylic acids is 1. The van der Waals surface area contributed by atoms with Crippen molar-refractivity contribution in [2.45, 2.75) is 25.8 Å². The Morgan fingerprint density at radius 1 is 1.65 bits per heavy atom. The Morgan fingerprint density at radius 3 is 3.12 bits per heavy atom. The maximum atomic E-state index is 11.8. The molecule has 92 valence electrons. The predicted octanol–water partition coefficient (Wildman–Crippen LogP) is 2.38. The fraction of sp³-hybridized carbons (Fsp3) is 0.500. The van der Waals surface area contributed by atoms with Crippen molar-refractivity contribution in [3.8, 4) is 0 Å². The molecule has 0 N–H and O–H groups in total. The molecule has 17 heavy (non-hydrogen) atoms. The molecule has 0 spiro atoms. The van der Waals surface area contributed by atoms with Crippen molar-refractivity contribution in [2.24, 2.45) is 0 Å². The Labute approximate surface area is 109 Å². The molecule has 0 saturated carbocycles. The summed E-state index contributed by atoms with van der Waals surface area (Å²) >= 11 is 3.35. The van der Waals surface area contributed by atoms with Gasteiger partial charge in [0.2, 0.25) is 0 Å². The molecule has 0 aliphatic carbocycles. The number of aromatic nitrogens is 1. The monoisotopic (exact) mass is 298 g/mol. The first-order chi connectivity index (χ1) is 8.22. The molecular weight excluding hydrogens is 284 g/mol. The minimum atomic E-state index is -0.177.